The number of furan rings is 1. The topological polar surface area (TPSA) is 58.2 Å². The minimum Gasteiger partial charge on any atom is -0.495 e. The zero-order valence-corrected chi connectivity index (χ0v) is 12.9. The molecule has 110 valence electrons. The van der Waals surface area contributed by atoms with Gasteiger partial charge in [-0.3, -0.25) is 0 Å². The van der Waals surface area contributed by atoms with Crippen LogP contribution in [0, 0.1) is 25.2 Å². The molecule has 21 heavy (non-hydrogen) atoms. The largest absolute Gasteiger partial charge is 0.495 e. The number of hydrogen-bond acceptors (Lipinski definition) is 4. The van der Waals surface area contributed by atoms with Crippen molar-refractivity contribution in [2.24, 2.45) is 0 Å². The van der Waals surface area contributed by atoms with E-state index in [1.165, 1.54) is 5.56 Å². The van der Waals surface area contributed by atoms with E-state index in [0.717, 1.165) is 17.1 Å². The first-order chi connectivity index (χ1) is 10.0. The van der Waals surface area contributed by atoms with Crippen LogP contribution in [-0.2, 0) is 6.54 Å². The minimum atomic E-state index is 0.198. The van der Waals surface area contributed by atoms with E-state index in [2.05, 4.69) is 24.4 Å². The summed E-state index contributed by atoms with van der Waals surface area (Å²) in [5.74, 6) is 2.49. The number of rotatable bonds is 5. The molecule has 0 amide bonds. The van der Waals surface area contributed by atoms with E-state index in [4.69, 9.17) is 14.4 Å². The normalized spacial score (nSPS) is 12.0. The van der Waals surface area contributed by atoms with E-state index in [1.54, 1.807) is 13.2 Å². The van der Waals surface area contributed by atoms with Gasteiger partial charge in [0.25, 0.3) is 0 Å². The summed E-state index contributed by atoms with van der Waals surface area (Å²) < 4.78 is 10.8. The smallest absolute Gasteiger partial charge is 0.136 e. The maximum Gasteiger partial charge on any atom is 0.136 e. The van der Waals surface area contributed by atoms with E-state index >= 15 is 0 Å². The van der Waals surface area contributed by atoms with Crippen molar-refractivity contribution in [3.63, 3.8) is 0 Å². The molecular weight excluding hydrogens is 264 g/mol. The molecule has 1 N–H and O–H groups in total. The van der Waals surface area contributed by atoms with E-state index < -0.39 is 0 Å². The van der Waals surface area contributed by atoms with Gasteiger partial charge in [-0.2, -0.15) is 5.26 Å². The van der Waals surface area contributed by atoms with Gasteiger partial charge in [0.05, 0.1) is 12.7 Å². The average Bonchev–Trinajstić information content (AvgIpc) is 2.83. The van der Waals surface area contributed by atoms with Crippen molar-refractivity contribution >= 4 is 0 Å². The van der Waals surface area contributed by atoms with Crippen LogP contribution in [0.15, 0.2) is 28.7 Å². The van der Waals surface area contributed by atoms with Gasteiger partial charge in [0.1, 0.15) is 23.3 Å². The van der Waals surface area contributed by atoms with Crippen LogP contribution in [0.25, 0.3) is 0 Å². The lowest BCUT2D eigenvalue weighted by molar-refractivity contribution is 0.412. The van der Waals surface area contributed by atoms with Crippen LogP contribution >= 0.6 is 0 Å². The SMILES string of the molecule is COc1cc(CNC(C)c2cc(C)oc2C)ccc1C#N. The quantitative estimate of drug-likeness (QED) is 0.911. The Hall–Kier alpha value is -2.25. The van der Waals surface area contributed by atoms with Crippen molar-refractivity contribution in [2.75, 3.05) is 7.11 Å². The Balaban J connectivity index is 2.06. The molecule has 4 nitrogen and oxygen atoms in total. The molecular formula is C17H20N2O2. The van der Waals surface area contributed by atoms with Gasteiger partial charge < -0.3 is 14.5 Å². The van der Waals surface area contributed by atoms with Crippen LogP contribution in [0.3, 0.4) is 0 Å². The van der Waals surface area contributed by atoms with Gasteiger partial charge in [-0.15, -0.1) is 0 Å². The number of ether oxygens (including phenoxy) is 1. The first-order valence-electron chi connectivity index (χ1n) is 6.92. The van der Waals surface area contributed by atoms with Crippen LogP contribution < -0.4 is 10.1 Å². The molecule has 0 radical (unpaired) electrons. The van der Waals surface area contributed by atoms with Crippen LogP contribution in [0.5, 0.6) is 5.75 Å². The summed E-state index contributed by atoms with van der Waals surface area (Å²) in [5, 5.41) is 12.4. The van der Waals surface area contributed by atoms with E-state index in [0.29, 0.717) is 17.9 Å². The van der Waals surface area contributed by atoms with Crippen molar-refractivity contribution in [2.45, 2.75) is 33.4 Å². The number of nitrogens with zero attached hydrogens (tertiary/aromatic N) is 1. The number of nitriles is 1. The highest BCUT2D eigenvalue weighted by Gasteiger charge is 2.12. The first-order valence-corrected chi connectivity index (χ1v) is 6.92. The zero-order valence-electron chi connectivity index (χ0n) is 12.9. The number of aryl methyl sites for hydroxylation is 2. The molecule has 1 heterocycles. The summed E-state index contributed by atoms with van der Waals surface area (Å²) in [4.78, 5) is 0. The molecule has 2 aromatic rings. The highest BCUT2D eigenvalue weighted by Crippen LogP contribution is 2.23. The predicted molar refractivity (Wildman–Crippen MR) is 81.1 cm³/mol. The Morgan fingerprint density at radius 1 is 1.33 bits per heavy atom. The Kier molecular flexibility index (Phi) is 4.66. The summed E-state index contributed by atoms with van der Waals surface area (Å²) >= 11 is 0. The summed E-state index contributed by atoms with van der Waals surface area (Å²) in [6.07, 6.45) is 0. The second kappa shape index (κ2) is 6.47. The van der Waals surface area contributed by atoms with Gasteiger partial charge in [-0.25, -0.2) is 0 Å². The molecule has 0 aliphatic rings. The minimum absolute atomic E-state index is 0.198. The number of benzene rings is 1. The maximum absolute atomic E-state index is 8.98. The Bertz CT molecular complexity index is 668. The molecule has 0 bridgehead atoms. The molecule has 4 heteroatoms. The van der Waals surface area contributed by atoms with Crippen LogP contribution in [0.1, 0.15) is 41.2 Å². The molecule has 1 atom stereocenters. The second-order valence-corrected chi connectivity index (χ2v) is 5.12. The highest BCUT2D eigenvalue weighted by atomic mass is 16.5. The molecule has 1 aromatic carbocycles. The molecule has 0 saturated carbocycles. The summed E-state index contributed by atoms with van der Waals surface area (Å²) in [5.41, 5.74) is 2.80. The highest BCUT2D eigenvalue weighted by molar-refractivity contribution is 5.45. The van der Waals surface area contributed by atoms with Crippen LogP contribution in [0.2, 0.25) is 0 Å². The molecule has 0 aliphatic heterocycles. The number of nitrogens with one attached hydrogen (secondary N) is 1. The van der Waals surface area contributed by atoms with Gasteiger partial charge in [-0.1, -0.05) is 6.07 Å². The molecule has 1 aromatic heterocycles. The Labute approximate surface area is 125 Å². The monoisotopic (exact) mass is 284 g/mol. The molecule has 0 fully saturated rings. The van der Waals surface area contributed by atoms with Gasteiger partial charge in [0.15, 0.2) is 0 Å². The van der Waals surface area contributed by atoms with Crippen LogP contribution in [-0.4, -0.2) is 7.11 Å². The Morgan fingerprint density at radius 3 is 2.67 bits per heavy atom. The number of methoxy groups -OCH3 is 1. The van der Waals surface area contributed by atoms with Gasteiger partial charge in [0.2, 0.25) is 0 Å². The lowest BCUT2D eigenvalue weighted by atomic mass is 10.1. The first kappa shape index (κ1) is 15.1. The van der Waals surface area contributed by atoms with Crippen LogP contribution in [0.4, 0.5) is 0 Å². The second-order valence-electron chi connectivity index (χ2n) is 5.12. The fourth-order valence-corrected chi connectivity index (χ4v) is 2.40. The molecule has 0 saturated heterocycles. The predicted octanol–water partition coefficient (Wildman–Crippen LogP) is 3.63. The lowest BCUT2D eigenvalue weighted by Gasteiger charge is -2.14. The number of hydrogen-bond donors (Lipinski definition) is 1. The van der Waals surface area contributed by atoms with Gasteiger partial charge in [0, 0.05) is 18.2 Å². The van der Waals surface area contributed by atoms with Gasteiger partial charge in [-0.05, 0) is 44.5 Å². The molecule has 2 rings (SSSR count). The third kappa shape index (κ3) is 3.45. The van der Waals surface area contributed by atoms with E-state index in [1.807, 2.05) is 26.0 Å². The van der Waals surface area contributed by atoms with E-state index in [-0.39, 0.29) is 6.04 Å². The van der Waals surface area contributed by atoms with Crippen molar-refractivity contribution in [3.05, 3.63) is 52.5 Å². The lowest BCUT2D eigenvalue weighted by Crippen LogP contribution is -2.18. The standard InChI is InChI=1S/C17H20N2O2/c1-11-7-16(13(3)21-11)12(2)19-10-14-5-6-15(9-18)17(8-14)20-4/h5-8,12,19H,10H2,1-4H3. The molecule has 0 spiro atoms. The fraction of sp³-hybridized carbons (Fsp3) is 0.353. The van der Waals surface area contributed by atoms with Gasteiger partial charge >= 0.3 is 0 Å². The zero-order chi connectivity index (χ0) is 15.4. The third-order valence-corrected chi connectivity index (χ3v) is 3.54. The molecule has 0 aliphatic carbocycles. The fourth-order valence-electron chi connectivity index (χ4n) is 2.40. The summed E-state index contributed by atoms with van der Waals surface area (Å²) in [6.45, 7) is 6.74. The maximum atomic E-state index is 8.98. The van der Waals surface area contributed by atoms with Crippen molar-refractivity contribution in [1.82, 2.24) is 5.32 Å². The van der Waals surface area contributed by atoms with E-state index in [9.17, 15) is 0 Å². The average molecular weight is 284 g/mol. The molecule has 1 unspecified atom stereocenters. The van der Waals surface area contributed by atoms with Crippen molar-refractivity contribution in [1.29, 1.82) is 5.26 Å². The van der Waals surface area contributed by atoms with Crippen molar-refractivity contribution < 1.29 is 9.15 Å². The third-order valence-electron chi connectivity index (χ3n) is 3.54. The Morgan fingerprint density at radius 2 is 2.10 bits per heavy atom. The summed E-state index contributed by atoms with van der Waals surface area (Å²) in [7, 11) is 1.58. The van der Waals surface area contributed by atoms with Crippen molar-refractivity contribution in [3.8, 4) is 11.8 Å². The summed E-state index contributed by atoms with van der Waals surface area (Å²) in [6, 6.07) is 10.00.